The predicted molar refractivity (Wildman–Crippen MR) is 96.1 cm³/mol. The third kappa shape index (κ3) is 4.45. The van der Waals surface area contributed by atoms with Crippen LogP contribution in [0.3, 0.4) is 0 Å². The Labute approximate surface area is 144 Å². The van der Waals surface area contributed by atoms with Gasteiger partial charge in [-0.2, -0.15) is 0 Å². The van der Waals surface area contributed by atoms with Crippen molar-refractivity contribution in [3.63, 3.8) is 0 Å². The summed E-state index contributed by atoms with van der Waals surface area (Å²) in [5.74, 6) is 0.358. The number of carbonyl (C=O) groups is 1. The molecule has 0 bridgehead atoms. The van der Waals surface area contributed by atoms with Gasteiger partial charge >= 0.3 is 0 Å². The quantitative estimate of drug-likeness (QED) is 0.865. The molecule has 0 aromatic heterocycles. The molecule has 0 radical (unpaired) electrons. The summed E-state index contributed by atoms with van der Waals surface area (Å²) in [7, 11) is 1.63. The lowest BCUT2D eigenvalue weighted by molar-refractivity contribution is -0.134. The number of aliphatic hydroxyl groups is 1. The molecule has 128 valence electrons. The maximum Gasteiger partial charge on any atom is 0.144 e. The molecule has 2 aromatic rings. The average molecular weight is 326 g/mol. The fourth-order valence-corrected chi connectivity index (χ4v) is 2.80. The lowest BCUT2D eigenvalue weighted by Gasteiger charge is -2.28. The summed E-state index contributed by atoms with van der Waals surface area (Å²) in [5.41, 5.74) is 1.27. The number of aliphatic hydroxyl groups excluding tert-OH is 1. The molecule has 3 nitrogen and oxygen atoms in total. The van der Waals surface area contributed by atoms with Crippen molar-refractivity contribution in [1.82, 2.24) is 0 Å². The van der Waals surface area contributed by atoms with E-state index in [0.29, 0.717) is 6.42 Å². The molecule has 1 N–H and O–H groups in total. The van der Waals surface area contributed by atoms with Gasteiger partial charge in [0.25, 0.3) is 0 Å². The molecule has 0 heterocycles. The number of ketones is 1. The molecular formula is C21H26O3. The molecule has 0 aliphatic carbocycles. The highest BCUT2D eigenvalue weighted by molar-refractivity contribution is 5.86. The van der Waals surface area contributed by atoms with Crippen LogP contribution in [0.5, 0.6) is 5.75 Å². The monoisotopic (exact) mass is 326 g/mol. The largest absolute Gasteiger partial charge is 0.497 e. The number of rotatable bonds is 6. The first-order valence-corrected chi connectivity index (χ1v) is 8.23. The van der Waals surface area contributed by atoms with Crippen LogP contribution in [0, 0.1) is 11.3 Å². The second kappa shape index (κ2) is 7.63. The summed E-state index contributed by atoms with van der Waals surface area (Å²) < 4.78 is 5.18. The van der Waals surface area contributed by atoms with E-state index in [2.05, 4.69) is 0 Å². The number of methoxy groups -OCH3 is 1. The van der Waals surface area contributed by atoms with Crippen molar-refractivity contribution in [3.8, 4) is 5.75 Å². The molecule has 3 heteroatoms. The molecule has 0 saturated heterocycles. The maximum absolute atomic E-state index is 12.9. The number of benzene rings is 2. The number of hydrogen-bond donors (Lipinski definition) is 1. The van der Waals surface area contributed by atoms with Gasteiger partial charge in [-0.1, -0.05) is 63.2 Å². The molecule has 0 aliphatic heterocycles. The number of hydrogen-bond acceptors (Lipinski definition) is 3. The first-order chi connectivity index (χ1) is 11.3. The molecule has 0 saturated carbocycles. The van der Waals surface area contributed by atoms with Crippen LogP contribution in [0.4, 0.5) is 0 Å². The lowest BCUT2D eigenvalue weighted by atomic mass is 9.76. The lowest BCUT2D eigenvalue weighted by Crippen LogP contribution is -2.33. The van der Waals surface area contributed by atoms with Gasteiger partial charge in [0, 0.05) is 5.41 Å². The van der Waals surface area contributed by atoms with Gasteiger partial charge in [0.1, 0.15) is 11.5 Å². The summed E-state index contributed by atoms with van der Waals surface area (Å²) in [6.45, 7) is 5.69. The summed E-state index contributed by atoms with van der Waals surface area (Å²) in [5, 5.41) is 10.8. The van der Waals surface area contributed by atoms with Gasteiger partial charge in [0.2, 0.25) is 0 Å². The van der Waals surface area contributed by atoms with Crippen molar-refractivity contribution in [2.24, 2.45) is 11.3 Å². The SMILES string of the molecule is COc1ccc(C[C@@H](C(=O)C(C)(C)C)[C@@H](O)c2ccccc2)cc1. The first kappa shape index (κ1) is 18.2. The second-order valence-electron chi connectivity index (χ2n) is 7.13. The Morgan fingerprint density at radius 3 is 2.12 bits per heavy atom. The minimum Gasteiger partial charge on any atom is -0.497 e. The highest BCUT2D eigenvalue weighted by Crippen LogP contribution is 2.32. The van der Waals surface area contributed by atoms with Gasteiger partial charge in [-0.15, -0.1) is 0 Å². The fourth-order valence-electron chi connectivity index (χ4n) is 2.80. The Kier molecular flexibility index (Phi) is 5.79. The third-order valence-electron chi connectivity index (χ3n) is 4.21. The van der Waals surface area contributed by atoms with Gasteiger partial charge in [0.15, 0.2) is 0 Å². The molecule has 2 aromatic carbocycles. The van der Waals surface area contributed by atoms with Crippen LogP contribution in [0.15, 0.2) is 54.6 Å². The number of Topliss-reactive ketones (excluding diaryl/α,β-unsaturated/α-hetero) is 1. The minimum absolute atomic E-state index is 0.0645. The van der Waals surface area contributed by atoms with Gasteiger partial charge in [-0.05, 0) is 29.7 Å². The Morgan fingerprint density at radius 1 is 1.04 bits per heavy atom. The summed E-state index contributed by atoms with van der Waals surface area (Å²) in [6.07, 6.45) is -0.323. The van der Waals surface area contributed by atoms with E-state index in [-0.39, 0.29) is 5.78 Å². The Hall–Kier alpha value is -2.13. The zero-order chi connectivity index (χ0) is 17.7. The predicted octanol–water partition coefficient (Wildman–Crippen LogP) is 4.20. The number of carbonyl (C=O) groups excluding carboxylic acids is 1. The maximum atomic E-state index is 12.9. The van der Waals surface area contributed by atoms with E-state index in [1.165, 1.54) is 0 Å². The Bertz CT molecular complexity index is 654. The van der Waals surface area contributed by atoms with E-state index in [4.69, 9.17) is 4.74 Å². The Morgan fingerprint density at radius 2 is 1.62 bits per heavy atom. The van der Waals surface area contributed by atoms with Crippen molar-refractivity contribution >= 4 is 5.78 Å². The highest BCUT2D eigenvalue weighted by Gasteiger charge is 2.35. The van der Waals surface area contributed by atoms with E-state index < -0.39 is 17.4 Å². The Balaban J connectivity index is 2.30. The normalized spacial score (nSPS) is 14.0. The molecule has 2 rings (SSSR count). The third-order valence-corrected chi connectivity index (χ3v) is 4.21. The first-order valence-electron chi connectivity index (χ1n) is 8.23. The van der Waals surface area contributed by atoms with Crippen LogP contribution < -0.4 is 4.74 Å². The smallest absolute Gasteiger partial charge is 0.144 e. The van der Waals surface area contributed by atoms with Crippen LogP contribution in [-0.4, -0.2) is 18.0 Å². The van der Waals surface area contributed by atoms with Gasteiger partial charge in [-0.3, -0.25) is 4.79 Å². The van der Waals surface area contributed by atoms with E-state index in [0.717, 1.165) is 16.9 Å². The fraction of sp³-hybridized carbons (Fsp3) is 0.381. The molecule has 24 heavy (non-hydrogen) atoms. The zero-order valence-corrected chi connectivity index (χ0v) is 14.8. The summed E-state index contributed by atoms with van der Waals surface area (Å²) >= 11 is 0. The van der Waals surface area contributed by atoms with Crippen molar-refractivity contribution < 1.29 is 14.6 Å². The summed E-state index contributed by atoms with van der Waals surface area (Å²) in [4.78, 5) is 12.9. The molecule has 0 unspecified atom stereocenters. The molecule has 0 aliphatic rings. The molecule has 0 spiro atoms. The van der Waals surface area contributed by atoms with Gasteiger partial charge in [-0.25, -0.2) is 0 Å². The highest BCUT2D eigenvalue weighted by atomic mass is 16.5. The van der Waals surface area contributed by atoms with Crippen LogP contribution in [0.2, 0.25) is 0 Å². The van der Waals surface area contributed by atoms with Gasteiger partial charge < -0.3 is 9.84 Å². The van der Waals surface area contributed by atoms with Crippen LogP contribution >= 0.6 is 0 Å². The van der Waals surface area contributed by atoms with E-state index in [1.807, 2.05) is 75.4 Å². The summed E-state index contributed by atoms with van der Waals surface area (Å²) in [6, 6.07) is 17.0. The second-order valence-corrected chi connectivity index (χ2v) is 7.13. The molecule has 0 fully saturated rings. The van der Waals surface area contributed by atoms with Crippen molar-refractivity contribution in [1.29, 1.82) is 0 Å². The molecule has 0 amide bonds. The topological polar surface area (TPSA) is 46.5 Å². The van der Waals surface area contributed by atoms with E-state index in [1.54, 1.807) is 7.11 Å². The van der Waals surface area contributed by atoms with E-state index >= 15 is 0 Å². The van der Waals surface area contributed by atoms with E-state index in [9.17, 15) is 9.90 Å². The van der Waals surface area contributed by atoms with Crippen LogP contribution in [-0.2, 0) is 11.2 Å². The average Bonchev–Trinajstić information content (AvgIpc) is 2.59. The number of ether oxygens (including phenoxy) is 1. The van der Waals surface area contributed by atoms with Crippen LogP contribution in [0.25, 0.3) is 0 Å². The zero-order valence-electron chi connectivity index (χ0n) is 14.8. The van der Waals surface area contributed by atoms with Crippen LogP contribution in [0.1, 0.15) is 38.0 Å². The molecular weight excluding hydrogens is 300 g/mol. The standard InChI is InChI=1S/C21H26O3/c1-21(2,3)20(23)18(19(22)16-8-6-5-7-9-16)14-15-10-12-17(24-4)13-11-15/h5-13,18-19,22H,14H2,1-4H3/t18-,19+/m1/s1. The molecule has 2 atom stereocenters. The van der Waals surface area contributed by atoms with Crippen molar-refractivity contribution in [2.45, 2.75) is 33.3 Å². The van der Waals surface area contributed by atoms with Gasteiger partial charge in [0.05, 0.1) is 19.1 Å². The van der Waals surface area contributed by atoms with Crippen molar-refractivity contribution in [2.75, 3.05) is 7.11 Å². The van der Waals surface area contributed by atoms with Crippen molar-refractivity contribution in [3.05, 3.63) is 65.7 Å². The minimum atomic E-state index is -0.819.